The van der Waals surface area contributed by atoms with E-state index in [-0.39, 0.29) is 17.7 Å². The Morgan fingerprint density at radius 1 is 0.969 bits per heavy atom. The Kier molecular flexibility index (Phi) is 5.28. The van der Waals surface area contributed by atoms with Crippen molar-refractivity contribution >= 4 is 44.2 Å². The molecular formula is C24H18FN3O3S. The van der Waals surface area contributed by atoms with E-state index in [0.29, 0.717) is 10.7 Å². The predicted octanol–water partition coefficient (Wildman–Crippen LogP) is 5.44. The Morgan fingerprint density at radius 3 is 2.34 bits per heavy atom. The van der Waals surface area contributed by atoms with Crippen LogP contribution in [0.2, 0.25) is 0 Å². The second-order valence-corrected chi connectivity index (χ2v) is 8.57. The molecule has 0 unspecified atom stereocenters. The fraction of sp³-hybridized carbons (Fsp3) is 0.125. The quantitative estimate of drug-likeness (QED) is 0.398. The molecule has 1 saturated carbocycles. The van der Waals surface area contributed by atoms with E-state index in [1.807, 2.05) is 36.4 Å². The average Bonchev–Trinajstić information content (AvgIpc) is 3.59. The monoisotopic (exact) mass is 447 g/mol. The standard InChI is InChI=1S/C24H18FN3O3S/c25-18-9-12-20-21(13-18)32-24(27-20)26-19-10-7-15(8-11-19)14-1-3-16(4-2-14)22(29)28-31-23(30)17-5-6-17/h1-4,7-13,17H,5-6H2,(H,26,27)(H,28,29). The van der Waals surface area contributed by atoms with Gasteiger partial charge in [-0.2, -0.15) is 5.48 Å². The van der Waals surface area contributed by atoms with Crippen molar-refractivity contribution in [1.82, 2.24) is 10.5 Å². The lowest BCUT2D eigenvalue weighted by Crippen LogP contribution is -2.27. The molecule has 1 fully saturated rings. The summed E-state index contributed by atoms with van der Waals surface area (Å²) in [6.45, 7) is 0. The number of aromatic nitrogens is 1. The van der Waals surface area contributed by atoms with Crippen LogP contribution < -0.4 is 10.8 Å². The number of rotatable bonds is 5. The van der Waals surface area contributed by atoms with Crippen molar-refractivity contribution in [2.45, 2.75) is 12.8 Å². The molecule has 32 heavy (non-hydrogen) atoms. The maximum absolute atomic E-state index is 13.4. The van der Waals surface area contributed by atoms with E-state index >= 15 is 0 Å². The van der Waals surface area contributed by atoms with E-state index < -0.39 is 5.91 Å². The Bertz CT molecular complexity index is 1300. The molecule has 0 atom stereocenters. The number of hydroxylamine groups is 1. The summed E-state index contributed by atoms with van der Waals surface area (Å²) in [5.74, 6) is -1.20. The summed E-state index contributed by atoms with van der Waals surface area (Å²) in [4.78, 5) is 32.9. The van der Waals surface area contributed by atoms with E-state index in [2.05, 4.69) is 15.8 Å². The zero-order valence-electron chi connectivity index (χ0n) is 16.8. The summed E-state index contributed by atoms with van der Waals surface area (Å²) in [5, 5.41) is 3.93. The number of carbonyl (C=O) groups excluding carboxylic acids is 2. The summed E-state index contributed by atoms with van der Waals surface area (Å²) in [6.07, 6.45) is 1.64. The van der Waals surface area contributed by atoms with Crippen molar-refractivity contribution in [3.05, 3.63) is 78.1 Å². The molecule has 6 nitrogen and oxygen atoms in total. The van der Waals surface area contributed by atoms with Crippen molar-refractivity contribution in [3.63, 3.8) is 0 Å². The van der Waals surface area contributed by atoms with Gasteiger partial charge in [-0.15, -0.1) is 0 Å². The van der Waals surface area contributed by atoms with Gasteiger partial charge in [-0.1, -0.05) is 35.6 Å². The summed E-state index contributed by atoms with van der Waals surface area (Å²) >= 11 is 1.39. The summed E-state index contributed by atoms with van der Waals surface area (Å²) < 4.78 is 14.2. The molecule has 8 heteroatoms. The van der Waals surface area contributed by atoms with Crippen LogP contribution in [0.15, 0.2) is 66.7 Å². The number of halogens is 1. The van der Waals surface area contributed by atoms with Gasteiger partial charge in [-0.05, 0) is 66.4 Å². The highest BCUT2D eigenvalue weighted by atomic mass is 32.1. The molecule has 1 amide bonds. The van der Waals surface area contributed by atoms with Crippen molar-refractivity contribution in [2.24, 2.45) is 5.92 Å². The molecule has 1 aliphatic carbocycles. The second-order valence-electron chi connectivity index (χ2n) is 7.54. The molecule has 160 valence electrons. The highest BCUT2D eigenvalue weighted by Gasteiger charge is 2.32. The first-order valence-corrected chi connectivity index (χ1v) is 10.9. The number of fused-ring (bicyclic) bond motifs is 1. The van der Waals surface area contributed by atoms with Crippen molar-refractivity contribution in [3.8, 4) is 11.1 Å². The Balaban J connectivity index is 1.23. The number of hydrogen-bond acceptors (Lipinski definition) is 6. The van der Waals surface area contributed by atoms with Gasteiger partial charge in [0.15, 0.2) is 5.13 Å². The van der Waals surface area contributed by atoms with Crippen LogP contribution in [0, 0.1) is 11.7 Å². The molecule has 0 spiro atoms. The highest BCUT2D eigenvalue weighted by molar-refractivity contribution is 7.22. The fourth-order valence-corrected chi connectivity index (χ4v) is 4.10. The smallest absolute Gasteiger partial charge is 0.335 e. The second kappa shape index (κ2) is 8.39. The Hall–Kier alpha value is -3.78. The largest absolute Gasteiger partial charge is 0.340 e. The lowest BCUT2D eigenvalue weighted by molar-refractivity contribution is -0.150. The fourth-order valence-electron chi connectivity index (χ4n) is 3.19. The minimum atomic E-state index is -0.458. The molecule has 1 aliphatic rings. The van der Waals surface area contributed by atoms with E-state index in [0.717, 1.165) is 39.9 Å². The number of hydrogen-bond donors (Lipinski definition) is 2. The molecule has 5 rings (SSSR count). The summed E-state index contributed by atoms with van der Waals surface area (Å²) in [7, 11) is 0. The van der Waals surface area contributed by atoms with Gasteiger partial charge >= 0.3 is 5.97 Å². The van der Waals surface area contributed by atoms with Gasteiger partial charge in [0.2, 0.25) is 0 Å². The number of thiazole rings is 1. The number of nitrogens with zero attached hydrogens (tertiary/aromatic N) is 1. The number of benzene rings is 3. The van der Waals surface area contributed by atoms with Gasteiger partial charge in [0.25, 0.3) is 5.91 Å². The molecule has 4 aromatic rings. The maximum atomic E-state index is 13.4. The van der Waals surface area contributed by atoms with Gasteiger partial charge in [0.1, 0.15) is 5.82 Å². The molecule has 1 aromatic heterocycles. The molecule has 0 saturated heterocycles. The molecule has 0 radical (unpaired) electrons. The number of amides is 1. The summed E-state index contributed by atoms with van der Waals surface area (Å²) in [6, 6.07) is 19.4. The topological polar surface area (TPSA) is 80.3 Å². The lowest BCUT2D eigenvalue weighted by Gasteiger charge is -2.07. The lowest BCUT2D eigenvalue weighted by atomic mass is 10.0. The van der Waals surface area contributed by atoms with Crippen LogP contribution in [0.4, 0.5) is 15.2 Å². The Morgan fingerprint density at radius 2 is 1.66 bits per heavy atom. The summed E-state index contributed by atoms with van der Waals surface area (Å²) in [5.41, 5.74) is 6.14. The van der Waals surface area contributed by atoms with Gasteiger partial charge < -0.3 is 10.2 Å². The van der Waals surface area contributed by atoms with Crippen molar-refractivity contribution in [1.29, 1.82) is 0 Å². The zero-order chi connectivity index (χ0) is 22.1. The third kappa shape index (κ3) is 4.45. The first kappa shape index (κ1) is 20.1. The van der Waals surface area contributed by atoms with Crippen LogP contribution in [0.1, 0.15) is 23.2 Å². The van der Waals surface area contributed by atoms with Gasteiger partial charge in [0.05, 0.1) is 16.1 Å². The minimum Gasteiger partial charge on any atom is -0.340 e. The van der Waals surface area contributed by atoms with Crippen molar-refractivity contribution < 1.29 is 18.8 Å². The molecule has 3 aromatic carbocycles. The van der Waals surface area contributed by atoms with Crippen LogP contribution in [-0.2, 0) is 9.63 Å². The number of anilines is 2. The van der Waals surface area contributed by atoms with Gasteiger partial charge in [0, 0.05) is 11.3 Å². The molecule has 0 aliphatic heterocycles. The van der Waals surface area contributed by atoms with Crippen molar-refractivity contribution in [2.75, 3.05) is 5.32 Å². The van der Waals surface area contributed by atoms with E-state index in [1.54, 1.807) is 18.2 Å². The van der Waals surface area contributed by atoms with Crippen LogP contribution in [0.5, 0.6) is 0 Å². The maximum Gasteiger partial charge on any atom is 0.335 e. The van der Waals surface area contributed by atoms with Crippen LogP contribution in [0.25, 0.3) is 21.3 Å². The SMILES string of the molecule is O=C(NOC(=O)C1CC1)c1ccc(-c2ccc(Nc3nc4ccc(F)cc4s3)cc2)cc1. The predicted molar refractivity (Wildman–Crippen MR) is 121 cm³/mol. The van der Waals surface area contributed by atoms with Crippen LogP contribution in [0.3, 0.4) is 0 Å². The first-order valence-electron chi connectivity index (χ1n) is 10.1. The Labute approximate surface area is 187 Å². The van der Waals surface area contributed by atoms with E-state index in [1.165, 1.54) is 23.5 Å². The number of nitrogens with one attached hydrogen (secondary N) is 2. The van der Waals surface area contributed by atoms with Gasteiger partial charge in [-0.25, -0.2) is 14.2 Å². The molecular weight excluding hydrogens is 429 g/mol. The minimum absolute atomic E-state index is 0.0761. The molecule has 2 N–H and O–H groups in total. The first-order chi connectivity index (χ1) is 15.5. The normalized spacial score (nSPS) is 13.0. The third-order valence-electron chi connectivity index (χ3n) is 5.12. The van der Waals surface area contributed by atoms with E-state index in [4.69, 9.17) is 4.84 Å². The van der Waals surface area contributed by atoms with Gasteiger partial charge in [-0.3, -0.25) is 4.79 Å². The van der Waals surface area contributed by atoms with Crippen LogP contribution >= 0.6 is 11.3 Å². The average molecular weight is 447 g/mol. The highest BCUT2D eigenvalue weighted by Crippen LogP contribution is 2.30. The van der Waals surface area contributed by atoms with E-state index in [9.17, 15) is 14.0 Å². The molecule has 1 heterocycles. The van der Waals surface area contributed by atoms with Crippen LogP contribution in [-0.4, -0.2) is 16.9 Å². The number of carbonyl (C=O) groups is 2. The molecule has 0 bridgehead atoms. The third-order valence-corrected chi connectivity index (χ3v) is 6.06. The zero-order valence-corrected chi connectivity index (χ0v) is 17.6.